The first-order valence-corrected chi connectivity index (χ1v) is 7.67. The van der Waals surface area contributed by atoms with Gasteiger partial charge in [0.1, 0.15) is 0 Å². The minimum Gasteiger partial charge on any atom is -0.397 e. The Kier molecular flexibility index (Phi) is 4.81. The van der Waals surface area contributed by atoms with Gasteiger partial charge in [0, 0.05) is 12.8 Å². The number of nitrogens with two attached hydrogens (primary N) is 1. The average molecular weight is 256 g/mol. The van der Waals surface area contributed by atoms with Crippen molar-refractivity contribution in [3.05, 3.63) is 18.2 Å². The lowest BCUT2D eigenvalue weighted by Crippen LogP contribution is -2.05. The van der Waals surface area contributed by atoms with Crippen LogP contribution in [0.5, 0.6) is 0 Å². The fourth-order valence-electron chi connectivity index (χ4n) is 1.53. The molecule has 0 amide bonds. The Bertz CT molecular complexity index is 469. The second-order valence-electron chi connectivity index (χ2n) is 4.16. The second-order valence-corrected chi connectivity index (χ2v) is 6.17. The van der Waals surface area contributed by atoms with Crippen molar-refractivity contribution in [1.29, 1.82) is 0 Å². The molecule has 1 rings (SSSR count). The van der Waals surface area contributed by atoms with Gasteiger partial charge < -0.3 is 11.1 Å². The first-order valence-electron chi connectivity index (χ1n) is 5.78. The van der Waals surface area contributed by atoms with Crippen molar-refractivity contribution in [3.8, 4) is 0 Å². The number of unbranched alkanes of at least 4 members (excludes halogenated alkanes) is 2. The van der Waals surface area contributed by atoms with E-state index >= 15 is 0 Å². The highest BCUT2D eigenvalue weighted by Gasteiger charge is 2.08. The van der Waals surface area contributed by atoms with Crippen molar-refractivity contribution < 1.29 is 8.42 Å². The Balaban J connectivity index is 2.70. The van der Waals surface area contributed by atoms with Crippen LogP contribution in [0.25, 0.3) is 0 Å². The van der Waals surface area contributed by atoms with E-state index < -0.39 is 9.84 Å². The van der Waals surface area contributed by atoms with E-state index in [0.29, 0.717) is 5.69 Å². The van der Waals surface area contributed by atoms with Crippen molar-refractivity contribution in [1.82, 2.24) is 0 Å². The largest absolute Gasteiger partial charge is 0.397 e. The van der Waals surface area contributed by atoms with E-state index in [9.17, 15) is 8.42 Å². The number of rotatable bonds is 6. The van der Waals surface area contributed by atoms with Gasteiger partial charge in [-0.1, -0.05) is 19.8 Å². The quantitative estimate of drug-likeness (QED) is 0.605. The molecular formula is C12H20N2O2S. The average Bonchev–Trinajstić information content (AvgIpc) is 2.24. The van der Waals surface area contributed by atoms with Crippen LogP contribution in [0.1, 0.15) is 26.2 Å². The Morgan fingerprint density at radius 2 is 2.00 bits per heavy atom. The molecule has 5 heteroatoms. The number of sulfone groups is 1. The maximum Gasteiger partial charge on any atom is 0.175 e. The lowest BCUT2D eigenvalue weighted by molar-refractivity contribution is 0.602. The van der Waals surface area contributed by atoms with Gasteiger partial charge in [0.05, 0.1) is 16.3 Å². The van der Waals surface area contributed by atoms with E-state index in [2.05, 4.69) is 12.2 Å². The van der Waals surface area contributed by atoms with Crippen LogP contribution in [0.15, 0.2) is 23.1 Å². The van der Waals surface area contributed by atoms with E-state index in [-0.39, 0.29) is 4.90 Å². The van der Waals surface area contributed by atoms with E-state index in [1.807, 2.05) is 0 Å². The summed E-state index contributed by atoms with van der Waals surface area (Å²) in [5, 5.41) is 3.21. The van der Waals surface area contributed by atoms with Crippen molar-refractivity contribution in [2.45, 2.75) is 31.1 Å². The van der Waals surface area contributed by atoms with Gasteiger partial charge in [-0.2, -0.15) is 0 Å². The molecule has 0 aromatic heterocycles. The molecular weight excluding hydrogens is 236 g/mol. The molecule has 0 heterocycles. The zero-order valence-electron chi connectivity index (χ0n) is 10.4. The minimum absolute atomic E-state index is 0.258. The van der Waals surface area contributed by atoms with Crippen LogP contribution in [0, 0.1) is 0 Å². The summed E-state index contributed by atoms with van der Waals surface area (Å²) < 4.78 is 22.6. The second kappa shape index (κ2) is 5.91. The molecule has 0 aliphatic carbocycles. The minimum atomic E-state index is -3.18. The third kappa shape index (κ3) is 4.26. The van der Waals surface area contributed by atoms with Gasteiger partial charge in [0.2, 0.25) is 0 Å². The summed E-state index contributed by atoms with van der Waals surface area (Å²) in [5.74, 6) is 0. The van der Waals surface area contributed by atoms with Crippen LogP contribution < -0.4 is 11.1 Å². The highest BCUT2D eigenvalue weighted by Crippen LogP contribution is 2.22. The van der Waals surface area contributed by atoms with Crippen LogP contribution in [0.3, 0.4) is 0 Å². The highest BCUT2D eigenvalue weighted by molar-refractivity contribution is 7.90. The van der Waals surface area contributed by atoms with E-state index in [1.54, 1.807) is 12.1 Å². The molecule has 0 spiro atoms. The van der Waals surface area contributed by atoms with Gasteiger partial charge in [-0.25, -0.2) is 8.42 Å². The van der Waals surface area contributed by atoms with Gasteiger partial charge in [0.25, 0.3) is 0 Å². The number of nitrogen functional groups attached to an aromatic ring is 1. The van der Waals surface area contributed by atoms with Gasteiger partial charge >= 0.3 is 0 Å². The zero-order valence-corrected chi connectivity index (χ0v) is 11.2. The van der Waals surface area contributed by atoms with Crippen molar-refractivity contribution >= 4 is 21.2 Å². The molecule has 0 aliphatic rings. The summed E-state index contributed by atoms with van der Waals surface area (Å²) in [5.41, 5.74) is 7.08. The standard InChI is InChI=1S/C12H20N2O2S/c1-3-4-5-8-14-12-7-6-10(9-11(12)13)17(2,15)16/h6-7,9,14H,3-5,8,13H2,1-2H3. The fourth-order valence-corrected chi connectivity index (χ4v) is 2.19. The molecule has 0 saturated heterocycles. The normalized spacial score (nSPS) is 11.4. The van der Waals surface area contributed by atoms with Gasteiger partial charge in [-0.15, -0.1) is 0 Å². The highest BCUT2D eigenvalue weighted by atomic mass is 32.2. The molecule has 0 unspecified atom stereocenters. The maximum atomic E-state index is 11.3. The predicted octanol–water partition coefficient (Wildman–Crippen LogP) is 2.27. The number of hydrogen-bond acceptors (Lipinski definition) is 4. The number of anilines is 2. The predicted molar refractivity (Wildman–Crippen MR) is 72.0 cm³/mol. The number of hydrogen-bond donors (Lipinski definition) is 2. The SMILES string of the molecule is CCCCCNc1ccc(S(C)(=O)=O)cc1N. The monoisotopic (exact) mass is 256 g/mol. The van der Waals surface area contributed by atoms with Crippen LogP contribution in [-0.4, -0.2) is 21.2 Å². The molecule has 0 atom stereocenters. The topological polar surface area (TPSA) is 72.2 Å². The molecule has 1 aromatic rings. The van der Waals surface area contributed by atoms with Gasteiger partial charge in [-0.05, 0) is 24.6 Å². The lowest BCUT2D eigenvalue weighted by atomic mass is 10.2. The summed E-state index contributed by atoms with van der Waals surface area (Å²) in [7, 11) is -3.18. The number of benzene rings is 1. The molecule has 4 nitrogen and oxygen atoms in total. The third-order valence-electron chi connectivity index (χ3n) is 2.55. The van der Waals surface area contributed by atoms with Crippen LogP contribution in [0.2, 0.25) is 0 Å². The first-order chi connectivity index (χ1) is 7.95. The molecule has 0 saturated carbocycles. The molecule has 0 aliphatic heterocycles. The maximum absolute atomic E-state index is 11.3. The molecule has 0 fully saturated rings. The fraction of sp³-hybridized carbons (Fsp3) is 0.500. The Morgan fingerprint density at radius 3 is 2.53 bits per heavy atom. The molecule has 96 valence electrons. The Labute approximate surface area is 103 Å². The van der Waals surface area contributed by atoms with E-state index in [1.165, 1.54) is 25.2 Å². The van der Waals surface area contributed by atoms with Crippen molar-refractivity contribution in [2.24, 2.45) is 0 Å². The van der Waals surface area contributed by atoms with E-state index in [4.69, 9.17) is 5.73 Å². The molecule has 17 heavy (non-hydrogen) atoms. The van der Waals surface area contributed by atoms with Crippen LogP contribution in [-0.2, 0) is 9.84 Å². The zero-order chi connectivity index (χ0) is 12.9. The van der Waals surface area contributed by atoms with Crippen LogP contribution in [0.4, 0.5) is 11.4 Å². The third-order valence-corrected chi connectivity index (χ3v) is 3.66. The van der Waals surface area contributed by atoms with Crippen molar-refractivity contribution in [2.75, 3.05) is 23.9 Å². The molecule has 0 radical (unpaired) electrons. The Morgan fingerprint density at radius 1 is 1.29 bits per heavy atom. The summed E-state index contributed by atoms with van der Waals surface area (Å²) in [6.07, 6.45) is 4.61. The molecule has 3 N–H and O–H groups in total. The van der Waals surface area contributed by atoms with Crippen LogP contribution >= 0.6 is 0 Å². The van der Waals surface area contributed by atoms with E-state index in [0.717, 1.165) is 18.7 Å². The Hall–Kier alpha value is -1.23. The lowest BCUT2D eigenvalue weighted by Gasteiger charge is -2.10. The van der Waals surface area contributed by atoms with Gasteiger partial charge in [-0.3, -0.25) is 0 Å². The number of nitrogens with one attached hydrogen (secondary N) is 1. The summed E-state index contributed by atoms with van der Waals surface area (Å²) >= 11 is 0. The summed E-state index contributed by atoms with van der Waals surface area (Å²) in [6, 6.07) is 4.79. The molecule has 1 aromatic carbocycles. The van der Waals surface area contributed by atoms with Gasteiger partial charge in [0.15, 0.2) is 9.84 Å². The first kappa shape index (κ1) is 13.8. The smallest absolute Gasteiger partial charge is 0.175 e. The summed E-state index contributed by atoms with van der Waals surface area (Å²) in [4.78, 5) is 0.258. The summed E-state index contributed by atoms with van der Waals surface area (Å²) in [6.45, 7) is 3.01. The van der Waals surface area contributed by atoms with Crippen molar-refractivity contribution in [3.63, 3.8) is 0 Å². The molecule has 0 bridgehead atoms.